The van der Waals surface area contributed by atoms with Crippen LogP contribution < -0.4 is 37.9 Å². The van der Waals surface area contributed by atoms with Crippen LogP contribution in [0.4, 0.5) is 0 Å². The molecule has 78 heavy (non-hydrogen) atoms. The third-order valence-electron chi connectivity index (χ3n) is 10.9. The second kappa shape index (κ2) is 36.1. The van der Waals surface area contributed by atoms with Gasteiger partial charge in [-0.1, -0.05) is 24.3 Å². The Hall–Kier alpha value is -8.02. The molecule has 414 valence electrons. The van der Waals surface area contributed by atoms with Gasteiger partial charge in [0, 0.05) is 38.6 Å². The second-order valence-corrected chi connectivity index (χ2v) is 17.1. The summed E-state index contributed by atoms with van der Waals surface area (Å²) in [5.41, 5.74) is 0.443. The summed E-state index contributed by atoms with van der Waals surface area (Å²) in [6, 6.07) is 27.3. The zero-order chi connectivity index (χ0) is 55.4. The van der Waals surface area contributed by atoms with Crippen molar-refractivity contribution in [2.75, 3.05) is 79.3 Å². The molecule has 5 aromatic rings. The molecule has 0 aliphatic carbocycles. The van der Waals surface area contributed by atoms with Crippen LogP contribution in [0.3, 0.4) is 0 Å². The van der Waals surface area contributed by atoms with Gasteiger partial charge in [-0.3, -0.25) is 0 Å². The van der Waals surface area contributed by atoms with Gasteiger partial charge in [-0.2, -0.15) is 0 Å². The fourth-order valence-electron chi connectivity index (χ4n) is 6.88. The highest BCUT2D eigenvalue weighted by Gasteiger charge is 2.25. The summed E-state index contributed by atoms with van der Waals surface area (Å²) in [6.45, 7) is 20.5. The molecular weight excluding hydrogens is 1000 g/mol. The SMILES string of the molecule is C=CCOCCCCOc1ccc(C(=O)Oc2cc(OC(=O)c3ccc(OCCCCOCC=C)cc3)c(OC(=O)c3ccc(OCCCCOCC=C)cc3)cc2OC(=O)c2ccc(OCCCCOCC=C)cc2)cc1. The van der Waals surface area contributed by atoms with E-state index in [1.54, 1.807) is 72.8 Å². The third-order valence-corrected chi connectivity index (χ3v) is 10.9. The van der Waals surface area contributed by atoms with Gasteiger partial charge in [0.05, 0.1) is 75.1 Å². The van der Waals surface area contributed by atoms with E-state index in [2.05, 4.69) is 26.3 Å². The second-order valence-electron chi connectivity index (χ2n) is 17.1. The van der Waals surface area contributed by atoms with Crippen molar-refractivity contribution in [1.82, 2.24) is 0 Å². The van der Waals surface area contributed by atoms with Crippen LogP contribution in [0.15, 0.2) is 160 Å². The average molecular weight is 1070 g/mol. The summed E-state index contributed by atoms with van der Waals surface area (Å²) in [5, 5.41) is 0. The van der Waals surface area contributed by atoms with Crippen molar-refractivity contribution in [2.24, 2.45) is 0 Å². The molecular formula is C62H70O16. The zero-order valence-corrected chi connectivity index (χ0v) is 44.2. The monoisotopic (exact) mass is 1070 g/mol. The Balaban J connectivity index is 1.40. The van der Waals surface area contributed by atoms with Gasteiger partial charge in [0.1, 0.15) is 23.0 Å². The van der Waals surface area contributed by atoms with Crippen LogP contribution in [0.25, 0.3) is 0 Å². The van der Waals surface area contributed by atoms with Crippen molar-refractivity contribution < 1.29 is 76.0 Å². The van der Waals surface area contributed by atoms with Crippen LogP contribution in [0.2, 0.25) is 0 Å². The van der Waals surface area contributed by atoms with E-state index in [-0.39, 0.29) is 45.3 Å². The molecule has 16 heteroatoms. The molecule has 0 unspecified atom stereocenters. The Kier molecular flexibility index (Phi) is 28.2. The van der Waals surface area contributed by atoms with Gasteiger partial charge in [0.2, 0.25) is 0 Å². The fourth-order valence-corrected chi connectivity index (χ4v) is 6.88. The normalized spacial score (nSPS) is 10.7. The molecule has 0 aromatic heterocycles. The number of carbonyl (C=O) groups excluding carboxylic acids is 4. The molecule has 5 aromatic carbocycles. The molecule has 16 nitrogen and oxygen atoms in total. The van der Waals surface area contributed by atoms with Crippen LogP contribution in [-0.2, 0) is 18.9 Å². The van der Waals surface area contributed by atoms with Crippen LogP contribution in [0.5, 0.6) is 46.0 Å². The number of unbranched alkanes of at least 4 members (excludes halogenated alkanes) is 4. The number of hydrogen-bond donors (Lipinski definition) is 0. The van der Waals surface area contributed by atoms with E-state index in [9.17, 15) is 19.2 Å². The van der Waals surface area contributed by atoms with E-state index in [0.717, 1.165) is 63.5 Å². The minimum absolute atomic E-state index is 0.111. The lowest BCUT2D eigenvalue weighted by Crippen LogP contribution is -2.16. The van der Waals surface area contributed by atoms with Gasteiger partial charge in [0.15, 0.2) is 23.0 Å². The Bertz CT molecular complexity index is 2270. The molecule has 0 bridgehead atoms. The van der Waals surface area contributed by atoms with E-state index in [1.165, 1.54) is 48.5 Å². The van der Waals surface area contributed by atoms with Gasteiger partial charge in [-0.05, 0) is 148 Å². The van der Waals surface area contributed by atoms with Crippen LogP contribution in [0, 0.1) is 0 Å². The molecule has 0 heterocycles. The molecule has 5 rings (SSSR count). The summed E-state index contributed by atoms with van der Waals surface area (Å²) in [4.78, 5) is 55.6. The number of hydrogen-bond acceptors (Lipinski definition) is 16. The third kappa shape index (κ3) is 22.7. The van der Waals surface area contributed by atoms with Gasteiger partial charge in [0.25, 0.3) is 0 Å². The van der Waals surface area contributed by atoms with E-state index in [4.69, 9.17) is 56.8 Å². The van der Waals surface area contributed by atoms with Crippen LogP contribution in [0.1, 0.15) is 92.8 Å². The Morgan fingerprint density at radius 2 is 0.487 bits per heavy atom. The average Bonchev–Trinajstić information content (AvgIpc) is 3.45. The predicted molar refractivity (Wildman–Crippen MR) is 295 cm³/mol. The Morgan fingerprint density at radius 1 is 0.295 bits per heavy atom. The molecule has 0 spiro atoms. The molecule has 0 radical (unpaired) electrons. The van der Waals surface area contributed by atoms with E-state index >= 15 is 0 Å². The Labute approximate surface area is 457 Å². The summed E-state index contributed by atoms with van der Waals surface area (Å²) in [5.74, 6) is -2.77. The molecule has 0 atom stereocenters. The van der Waals surface area contributed by atoms with Crippen LogP contribution >= 0.6 is 0 Å². The smallest absolute Gasteiger partial charge is 0.343 e. The quantitative estimate of drug-likeness (QED) is 0.0156. The zero-order valence-electron chi connectivity index (χ0n) is 44.2. The van der Waals surface area contributed by atoms with Crippen molar-refractivity contribution in [3.05, 3.63) is 182 Å². The van der Waals surface area contributed by atoms with Crippen molar-refractivity contribution >= 4 is 23.9 Å². The van der Waals surface area contributed by atoms with E-state index < -0.39 is 23.9 Å². The van der Waals surface area contributed by atoms with Gasteiger partial charge < -0.3 is 56.8 Å². The Morgan fingerprint density at radius 3 is 0.679 bits per heavy atom. The van der Waals surface area contributed by atoms with Crippen molar-refractivity contribution in [2.45, 2.75) is 51.4 Å². The molecule has 0 aliphatic rings. The van der Waals surface area contributed by atoms with Gasteiger partial charge in [-0.15, -0.1) is 26.3 Å². The lowest BCUT2D eigenvalue weighted by Gasteiger charge is -2.16. The maximum absolute atomic E-state index is 13.9. The first kappa shape index (κ1) is 60.8. The van der Waals surface area contributed by atoms with Crippen molar-refractivity contribution in [1.29, 1.82) is 0 Å². The van der Waals surface area contributed by atoms with Gasteiger partial charge in [-0.25, -0.2) is 19.2 Å². The molecule has 0 saturated carbocycles. The number of esters is 4. The van der Waals surface area contributed by atoms with Crippen molar-refractivity contribution in [3.63, 3.8) is 0 Å². The largest absolute Gasteiger partial charge is 0.494 e. The fraction of sp³-hybridized carbons (Fsp3) is 0.323. The standard InChI is InChI=1S/C62H70O16/c1-5-33-67-37-9-13-41-71-51-25-17-47(18-26-51)59(63)75-55-45-57(77-61(65)49-21-29-53(30-22-49)73-43-15-11-39-69-35-7-3)58(78-62(66)50-23-31-54(32-24-50)74-44-16-12-40-70-36-8-4)46-56(55)76-60(64)48-19-27-52(28-20-48)72-42-14-10-38-68-34-6-2/h5-8,17-32,45-46H,1-4,9-16,33-44H2. The number of benzene rings is 5. The summed E-state index contributed by atoms with van der Waals surface area (Å²) >= 11 is 0. The maximum Gasteiger partial charge on any atom is 0.343 e. The first-order valence-electron chi connectivity index (χ1n) is 25.9. The molecule has 0 N–H and O–H groups in total. The highest BCUT2D eigenvalue weighted by Crippen LogP contribution is 2.42. The highest BCUT2D eigenvalue weighted by molar-refractivity contribution is 5.96. The lowest BCUT2D eigenvalue weighted by atomic mass is 10.2. The molecule has 0 amide bonds. The maximum atomic E-state index is 13.9. The minimum Gasteiger partial charge on any atom is -0.494 e. The van der Waals surface area contributed by atoms with E-state index in [0.29, 0.717) is 102 Å². The van der Waals surface area contributed by atoms with Gasteiger partial charge >= 0.3 is 23.9 Å². The molecule has 0 fully saturated rings. The number of ether oxygens (including phenoxy) is 12. The summed E-state index contributed by atoms with van der Waals surface area (Å²) in [6.07, 6.45) is 12.9. The summed E-state index contributed by atoms with van der Waals surface area (Å²) in [7, 11) is 0. The minimum atomic E-state index is -0.864. The van der Waals surface area contributed by atoms with Crippen LogP contribution in [-0.4, -0.2) is 103 Å². The van der Waals surface area contributed by atoms with E-state index in [1.807, 2.05) is 0 Å². The predicted octanol–water partition coefficient (Wildman–Crippen LogP) is 12.0. The highest BCUT2D eigenvalue weighted by atomic mass is 16.6. The molecule has 0 saturated heterocycles. The topological polar surface area (TPSA) is 179 Å². The molecule has 0 aliphatic heterocycles. The first-order valence-corrected chi connectivity index (χ1v) is 25.9. The number of rotatable bonds is 40. The first-order chi connectivity index (χ1) is 38.2. The van der Waals surface area contributed by atoms with Crippen molar-refractivity contribution in [3.8, 4) is 46.0 Å². The number of carbonyl (C=O) groups is 4. The summed E-state index contributed by atoms with van der Waals surface area (Å²) < 4.78 is 68.7. The lowest BCUT2D eigenvalue weighted by molar-refractivity contribution is 0.0662.